The molecule has 2 aromatic rings. The molecule has 7 spiro atoms. The highest BCUT2D eigenvalue weighted by atomic mass is 16.7. The van der Waals surface area contributed by atoms with Crippen LogP contribution in [0.4, 0.5) is 0 Å². The number of carbonyl (C=O) groups is 3. The Morgan fingerprint density at radius 1 is 0.912 bits per heavy atom. The quantitative estimate of drug-likeness (QED) is 0.0850. The van der Waals surface area contributed by atoms with Crippen LogP contribution in [-0.4, -0.2) is 106 Å². The zero-order chi connectivity index (χ0) is 61.2. The predicted octanol–water partition coefficient (Wildman–Crippen LogP) is 10.1. The van der Waals surface area contributed by atoms with Crippen molar-refractivity contribution in [2.45, 2.75) is 189 Å². The molecule has 1 aromatic carbocycles. The van der Waals surface area contributed by atoms with E-state index in [2.05, 4.69) is 109 Å². The van der Waals surface area contributed by atoms with Crippen molar-refractivity contribution in [1.29, 1.82) is 0 Å². The van der Waals surface area contributed by atoms with Gasteiger partial charge < -0.3 is 43.6 Å². The molecule has 9 bridgehead atoms. The second-order valence-electron chi connectivity index (χ2n) is 34.0. The molecule has 0 unspecified atom stereocenters. The Morgan fingerprint density at radius 3 is 2.67 bits per heavy atom. The number of cyclic esters (lactones) is 1. The highest BCUT2D eigenvalue weighted by Gasteiger charge is 3.00. The summed E-state index contributed by atoms with van der Waals surface area (Å²) in [6.45, 7) is 6.21. The summed E-state index contributed by atoms with van der Waals surface area (Å²) in [6.07, 6.45) is 31.7. The highest BCUT2D eigenvalue weighted by molar-refractivity contribution is 5.94. The van der Waals surface area contributed by atoms with Crippen LogP contribution < -0.4 is 5.32 Å². The second kappa shape index (κ2) is 18.8. The van der Waals surface area contributed by atoms with Gasteiger partial charge in [-0.3, -0.25) is 14.9 Å². The lowest BCUT2D eigenvalue weighted by molar-refractivity contribution is -0.315. The zero-order valence-corrected chi connectivity index (χ0v) is 53.2. The smallest absolute Gasteiger partial charge is 0.339 e. The molecule has 13 nitrogen and oxygen atoms in total. The van der Waals surface area contributed by atoms with E-state index in [1.807, 2.05) is 6.07 Å². The van der Waals surface area contributed by atoms with E-state index in [4.69, 9.17) is 23.4 Å². The summed E-state index contributed by atoms with van der Waals surface area (Å²) in [5, 5.41) is 42.0. The molecular formula is C78H92N2O11. The van der Waals surface area contributed by atoms with Crippen LogP contribution in [0.5, 0.6) is 0 Å². The maximum atomic E-state index is 18.0. The molecule has 29 atom stereocenters. The number of allylic oxidation sites excluding steroid dienone is 4. The second-order valence-corrected chi connectivity index (χ2v) is 34.0. The molecule has 0 radical (unpaired) electrons. The fraction of sp³-hybridized carbons (Fsp3) is 0.705. The number of benzene rings is 1. The van der Waals surface area contributed by atoms with Crippen molar-refractivity contribution >= 4 is 17.7 Å². The zero-order valence-electron chi connectivity index (χ0n) is 53.2. The van der Waals surface area contributed by atoms with E-state index in [1.54, 1.807) is 6.26 Å². The number of carbonyl (C=O) groups excluding carboxylic acids is 3. The van der Waals surface area contributed by atoms with E-state index in [0.29, 0.717) is 73.1 Å². The molecule has 11 aliphatic carbocycles. The van der Waals surface area contributed by atoms with Gasteiger partial charge in [0.25, 0.3) is 0 Å². The van der Waals surface area contributed by atoms with Crippen molar-refractivity contribution in [3.8, 4) is 11.8 Å². The van der Waals surface area contributed by atoms with Crippen LogP contribution in [0.25, 0.3) is 0 Å². The number of rotatable bonds is 8. The predicted molar refractivity (Wildman–Crippen MR) is 334 cm³/mol. The molecule has 1 aromatic heterocycles. The van der Waals surface area contributed by atoms with Gasteiger partial charge in [-0.15, -0.1) is 0 Å². The van der Waals surface area contributed by atoms with E-state index >= 15 is 19.5 Å². The van der Waals surface area contributed by atoms with Gasteiger partial charge in [0.05, 0.1) is 54.9 Å². The number of nitrogens with one attached hydrogen (secondary N) is 1. The van der Waals surface area contributed by atoms with Gasteiger partial charge in [0.2, 0.25) is 0 Å². The van der Waals surface area contributed by atoms with Gasteiger partial charge in [-0.05, 0) is 196 Å². The molecular weight excluding hydrogens is 1140 g/mol. The lowest BCUT2D eigenvalue weighted by Crippen LogP contribution is -2.84. The Bertz CT molecular complexity index is 3660. The number of furan rings is 1. The Labute approximate surface area is 535 Å². The van der Waals surface area contributed by atoms with Crippen molar-refractivity contribution in [2.24, 2.45) is 122 Å². The normalized spacial score (nSPS) is 53.5. The van der Waals surface area contributed by atoms with Crippen molar-refractivity contribution in [3.63, 3.8) is 0 Å². The molecule has 18 aliphatic rings. The number of hydrogen-bond donors (Lipinski definition) is 4. The number of nitrogens with zero attached hydrogens (tertiary/aromatic N) is 1. The molecule has 0 amide bonds. The van der Waals surface area contributed by atoms with Crippen molar-refractivity contribution < 1.29 is 53.1 Å². The lowest BCUT2D eigenvalue weighted by atomic mass is 9.28. The number of ether oxygens (including phenoxy) is 4. The third-order valence-corrected chi connectivity index (χ3v) is 31.7. The van der Waals surface area contributed by atoms with Gasteiger partial charge >= 0.3 is 11.9 Å². The van der Waals surface area contributed by atoms with Crippen LogP contribution in [0, 0.1) is 134 Å². The molecule has 480 valence electrons. The standard InChI is InChI=1S/C78H92N2O11/c1-43-53-16-7-6-13-46(53)21-28-71(43)25-10-26-74-61(71)35-52-34-51-15-9-24-72(51)38-50-37-70(2)75(56-23-30-87-60(56)36-55(59(82)40-81)48-19-20-54-49(33-48)22-29-80-42-79-39-58(54)80)27-8-14-47-18-17-45(31-44-11-4-3-5-12-44)32-57(47)76(78(70)67(89-78)69(86)90-75)63(50)73(64(74)62(83)66(76)84)41-88-68(85)65(72)77(52,73)91-74/h3-5,10-12,21-23,25,28-30,35,43,45-51,53-55,57-59,61,63-67,79,81-82,84H,6-7,9,13,15-20,24,26-27,31-34,36-42H2,1-2H3/t43-,45-,46+,47-,48-,49-,50+,51-,53+,54+,55+,57+,58+,59-,61+,63-,64+,65+,66-,67-,70+,71-,72+,73-,74+,75+,76+,77+,78-/m1/s1. The molecule has 13 fully saturated rings. The number of epoxide rings is 1. The molecule has 8 heterocycles. The number of ketones is 1. The summed E-state index contributed by atoms with van der Waals surface area (Å²) >= 11 is 0. The average molecular weight is 1230 g/mol. The number of hydrogen-bond acceptors (Lipinski definition) is 13. The van der Waals surface area contributed by atoms with Crippen molar-refractivity contribution in [3.05, 3.63) is 108 Å². The van der Waals surface area contributed by atoms with Gasteiger partial charge in [0, 0.05) is 52.7 Å². The van der Waals surface area contributed by atoms with Gasteiger partial charge in [0.1, 0.15) is 29.7 Å². The van der Waals surface area contributed by atoms with E-state index in [0.717, 1.165) is 77.4 Å². The first-order valence-corrected chi connectivity index (χ1v) is 36.3. The minimum Gasteiger partial charge on any atom is -0.469 e. The maximum absolute atomic E-state index is 18.0. The van der Waals surface area contributed by atoms with Crippen LogP contribution >= 0.6 is 0 Å². The minimum absolute atomic E-state index is 0.00606. The van der Waals surface area contributed by atoms with Crippen LogP contribution in [0.2, 0.25) is 0 Å². The highest BCUT2D eigenvalue weighted by Crippen LogP contribution is 2.92. The lowest BCUT2D eigenvalue weighted by Gasteiger charge is -2.74. The number of esters is 2. The maximum Gasteiger partial charge on any atom is 0.339 e. The number of aliphatic hydroxyl groups excluding tert-OH is 3. The minimum atomic E-state index is -1.59. The van der Waals surface area contributed by atoms with Crippen LogP contribution in [0.1, 0.15) is 146 Å². The van der Waals surface area contributed by atoms with Crippen LogP contribution in [0.3, 0.4) is 0 Å². The van der Waals surface area contributed by atoms with E-state index < -0.39 is 104 Å². The summed E-state index contributed by atoms with van der Waals surface area (Å²) < 4.78 is 38.0. The van der Waals surface area contributed by atoms with Gasteiger partial charge in [-0.2, -0.15) is 0 Å². The van der Waals surface area contributed by atoms with Crippen molar-refractivity contribution in [1.82, 2.24) is 10.2 Å². The summed E-state index contributed by atoms with van der Waals surface area (Å²) in [7, 11) is 0. The summed E-state index contributed by atoms with van der Waals surface area (Å²) in [4.78, 5) is 52.8. The third-order valence-electron chi connectivity index (χ3n) is 31.7. The summed E-state index contributed by atoms with van der Waals surface area (Å²) in [5.41, 5.74) is -6.83. The van der Waals surface area contributed by atoms with Gasteiger partial charge in [-0.1, -0.05) is 112 Å². The molecule has 20 rings (SSSR count). The SMILES string of the molecule is C[C@@H]1[C@@H]2CCCC[C@H]2C=C[C@]12C=CC[C@]13O[C@]45C(=C[C@@H]21)C[C@H]1CCC[C@]12C[C@@H]1C[C@]6(C)[C@]78O[C@@H]7C(=O)O[C@]6(c6ccoc6C[C@@H]([C@@H]6CC[C@H]7[C@H](C=CN9CNC[C@@H]79)C6)[C@H](O)CO)CC#C[C@@H]6CC[C@H](Cc7ccccc7)C[C@@H]6[C@]86[C@H](O)C(=O)[C@H]3[C@@]4(COC(=O)[C@@H]25)[C@@H]16. The Hall–Kier alpha value is -4.81. The average Bonchev–Trinajstić information content (AvgIpc) is 1.43. The Balaban J connectivity index is 0.809. The molecule has 8 saturated carbocycles. The van der Waals surface area contributed by atoms with Crippen molar-refractivity contribution in [2.75, 3.05) is 26.4 Å². The first kappa shape index (κ1) is 56.5. The largest absolute Gasteiger partial charge is 0.469 e. The van der Waals surface area contributed by atoms with Gasteiger partial charge in [0.15, 0.2) is 17.5 Å². The number of aliphatic hydroxyl groups is 3. The topological polar surface area (TPSA) is 181 Å². The van der Waals surface area contributed by atoms with Crippen LogP contribution in [0.15, 0.2) is 95.3 Å². The van der Waals surface area contributed by atoms with E-state index in [1.165, 1.54) is 36.8 Å². The Kier molecular flexibility index (Phi) is 11.7. The molecule has 5 saturated heterocycles. The van der Waals surface area contributed by atoms with E-state index in [9.17, 15) is 10.2 Å². The van der Waals surface area contributed by atoms with Crippen LogP contribution in [-0.2, 0) is 51.8 Å². The first-order valence-electron chi connectivity index (χ1n) is 36.3. The molecule has 7 aliphatic heterocycles. The molecule has 13 heteroatoms. The first-order chi connectivity index (χ1) is 44.2. The van der Waals surface area contributed by atoms with E-state index in [-0.39, 0.29) is 72.1 Å². The Morgan fingerprint density at radius 2 is 1.79 bits per heavy atom. The summed E-state index contributed by atoms with van der Waals surface area (Å²) in [6, 6.07) is 13.2. The van der Waals surface area contributed by atoms with Gasteiger partial charge in [-0.25, -0.2) is 4.79 Å². The molecule has 91 heavy (non-hydrogen) atoms. The number of Topliss-reactive ketones (excluding diaryl/α,β-unsaturated/α-hetero) is 1. The molecule has 4 N–H and O–H groups in total. The fourth-order valence-corrected chi connectivity index (χ4v) is 29.0. The fourth-order valence-electron chi connectivity index (χ4n) is 29.0. The summed E-state index contributed by atoms with van der Waals surface area (Å²) in [5.74, 6) is 6.55. The monoisotopic (exact) mass is 1230 g/mol. The third kappa shape index (κ3) is 6.41. The number of fused-ring (bicyclic) bond motifs is 6.